The highest BCUT2D eigenvalue weighted by Gasteiger charge is 2.12. The zero-order valence-electron chi connectivity index (χ0n) is 13.3. The van der Waals surface area contributed by atoms with Crippen LogP contribution in [0.25, 0.3) is 17.2 Å². The summed E-state index contributed by atoms with van der Waals surface area (Å²) in [6.45, 7) is 7.22. The van der Waals surface area contributed by atoms with Gasteiger partial charge in [0.1, 0.15) is 0 Å². The normalized spacial score (nSPS) is 11.2. The zero-order chi connectivity index (χ0) is 16.1. The van der Waals surface area contributed by atoms with E-state index < -0.39 is 5.97 Å². The standard InChI is InChI=1S/C18H22N2O2/c1-4-12-20-14(3)18(13(2)19-20)16-10-8-15(9-11-16)6-5-7-17(21)22/h5-6,8-11H,4,7,12H2,1-3H3,(H,21,22)/b6-5+. The number of nitrogens with zero attached hydrogens (tertiary/aromatic N) is 2. The Labute approximate surface area is 131 Å². The number of benzene rings is 1. The predicted molar refractivity (Wildman–Crippen MR) is 88.7 cm³/mol. The van der Waals surface area contributed by atoms with Gasteiger partial charge in [-0.3, -0.25) is 9.48 Å². The maximum Gasteiger partial charge on any atom is 0.307 e. The van der Waals surface area contributed by atoms with Crippen molar-refractivity contribution in [1.82, 2.24) is 9.78 Å². The van der Waals surface area contributed by atoms with E-state index >= 15 is 0 Å². The van der Waals surface area contributed by atoms with Gasteiger partial charge >= 0.3 is 5.97 Å². The van der Waals surface area contributed by atoms with E-state index in [9.17, 15) is 4.79 Å². The predicted octanol–water partition coefficient (Wildman–Crippen LogP) is 4.06. The van der Waals surface area contributed by atoms with E-state index in [0.717, 1.165) is 29.8 Å². The lowest BCUT2D eigenvalue weighted by Gasteiger charge is -2.05. The topological polar surface area (TPSA) is 55.1 Å². The quantitative estimate of drug-likeness (QED) is 0.874. The molecule has 0 aliphatic heterocycles. The molecule has 1 aromatic carbocycles. The van der Waals surface area contributed by atoms with Gasteiger partial charge in [-0.1, -0.05) is 43.3 Å². The molecule has 4 heteroatoms. The van der Waals surface area contributed by atoms with Crippen LogP contribution < -0.4 is 0 Å². The fourth-order valence-electron chi connectivity index (χ4n) is 2.60. The monoisotopic (exact) mass is 298 g/mol. The number of hydrogen-bond acceptors (Lipinski definition) is 2. The molecule has 0 saturated heterocycles. The SMILES string of the molecule is CCCn1nc(C)c(-c2ccc(/C=C/CC(=O)O)cc2)c1C. The summed E-state index contributed by atoms with van der Waals surface area (Å²) < 4.78 is 2.06. The molecule has 1 aromatic heterocycles. The number of carbonyl (C=O) groups is 1. The number of hydrogen-bond donors (Lipinski definition) is 1. The molecular formula is C18H22N2O2. The Hall–Kier alpha value is -2.36. The van der Waals surface area contributed by atoms with Gasteiger partial charge in [0, 0.05) is 17.8 Å². The number of aryl methyl sites for hydroxylation is 2. The highest BCUT2D eigenvalue weighted by Crippen LogP contribution is 2.27. The summed E-state index contributed by atoms with van der Waals surface area (Å²) in [5.74, 6) is -0.817. The molecule has 0 fully saturated rings. The van der Waals surface area contributed by atoms with Crippen LogP contribution >= 0.6 is 0 Å². The highest BCUT2D eigenvalue weighted by atomic mass is 16.4. The van der Waals surface area contributed by atoms with Crippen molar-refractivity contribution in [3.63, 3.8) is 0 Å². The van der Waals surface area contributed by atoms with Crippen LogP contribution in [0.4, 0.5) is 0 Å². The van der Waals surface area contributed by atoms with Gasteiger partial charge in [-0.25, -0.2) is 0 Å². The van der Waals surface area contributed by atoms with Gasteiger partial charge < -0.3 is 5.11 Å². The van der Waals surface area contributed by atoms with Crippen molar-refractivity contribution in [2.24, 2.45) is 0 Å². The van der Waals surface area contributed by atoms with Crippen molar-refractivity contribution >= 4 is 12.0 Å². The molecule has 0 aliphatic rings. The Morgan fingerprint density at radius 2 is 1.95 bits per heavy atom. The van der Waals surface area contributed by atoms with E-state index in [4.69, 9.17) is 5.11 Å². The third-order valence-corrected chi connectivity index (χ3v) is 3.62. The minimum absolute atomic E-state index is 0.0454. The van der Waals surface area contributed by atoms with Crippen LogP contribution in [0.2, 0.25) is 0 Å². The van der Waals surface area contributed by atoms with Gasteiger partial charge in [0.05, 0.1) is 12.1 Å². The molecule has 0 atom stereocenters. The van der Waals surface area contributed by atoms with Crippen LogP contribution in [0.5, 0.6) is 0 Å². The molecule has 0 amide bonds. The third kappa shape index (κ3) is 3.64. The Bertz CT molecular complexity index is 682. The summed E-state index contributed by atoms with van der Waals surface area (Å²) in [4.78, 5) is 10.5. The average molecular weight is 298 g/mol. The van der Waals surface area contributed by atoms with Crippen LogP contribution in [0.1, 0.15) is 36.7 Å². The number of carboxylic acid groups (broad SMARTS) is 1. The first kappa shape index (κ1) is 16.0. The molecule has 116 valence electrons. The van der Waals surface area contributed by atoms with Gasteiger partial charge in [0.25, 0.3) is 0 Å². The smallest absolute Gasteiger partial charge is 0.307 e. The largest absolute Gasteiger partial charge is 0.481 e. The maximum absolute atomic E-state index is 10.5. The Morgan fingerprint density at radius 1 is 1.27 bits per heavy atom. The zero-order valence-corrected chi connectivity index (χ0v) is 13.3. The first-order chi connectivity index (χ1) is 10.5. The lowest BCUT2D eigenvalue weighted by atomic mass is 10.0. The number of aromatic nitrogens is 2. The van der Waals surface area contributed by atoms with Crippen LogP contribution in [-0.2, 0) is 11.3 Å². The maximum atomic E-state index is 10.5. The van der Waals surface area contributed by atoms with Gasteiger partial charge in [-0.05, 0) is 31.4 Å². The molecule has 2 aromatic rings. The van der Waals surface area contributed by atoms with Crippen LogP contribution in [-0.4, -0.2) is 20.9 Å². The Morgan fingerprint density at radius 3 is 2.55 bits per heavy atom. The van der Waals surface area contributed by atoms with Crippen molar-refractivity contribution in [2.45, 2.75) is 40.2 Å². The van der Waals surface area contributed by atoms with Crippen molar-refractivity contribution in [3.05, 3.63) is 47.3 Å². The first-order valence-electron chi connectivity index (χ1n) is 7.55. The summed E-state index contributed by atoms with van der Waals surface area (Å²) in [6, 6.07) is 8.13. The van der Waals surface area contributed by atoms with Crippen LogP contribution in [0.15, 0.2) is 30.3 Å². The minimum atomic E-state index is -0.817. The summed E-state index contributed by atoms with van der Waals surface area (Å²) in [6.07, 6.45) is 4.60. The number of aliphatic carboxylic acids is 1. The highest BCUT2D eigenvalue weighted by molar-refractivity contribution is 5.72. The molecule has 22 heavy (non-hydrogen) atoms. The van der Waals surface area contributed by atoms with Gasteiger partial charge in [0.2, 0.25) is 0 Å². The molecule has 4 nitrogen and oxygen atoms in total. The van der Waals surface area contributed by atoms with Gasteiger partial charge in [-0.15, -0.1) is 0 Å². The fourth-order valence-corrected chi connectivity index (χ4v) is 2.60. The number of carboxylic acids is 1. The summed E-state index contributed by atoms with van der Waals surface area (Å²) >= 11 is 0. The first-order valence-corrected chi connectivity index (χ1v) is 7.55. The average Bonchev–Trinajstić information content (AvgIpc) is 2.75. The molecule has 0 aliphatic carbocycles. The van der Waals surface area contributed by atoms with Crippen molar-refractivity contribution in [1.29, 1.82) is 0 Å². The third-order valence-electron chi connectivity index (χ3n) is 3.62. The molecule has 0 unspecified atom stereocenters. The second-order valence-electron chi connectivity index (χ2n) is 5.39. The van der Waals surface area contributed by atoms with E-state index in [1.807, 2.05) is 25.1 Å². The van der Waals surface area contributed by atoms with Crippen molar-refractivity contribution in [2.75, 3.05) is 0 Å². The van der Waals surface area contributed by atoms with Crippen molar-refractivity contribution in [3.8, 4) is 11.1 Å². The summed E-state index contributed by atoms with van der Waals surface area (Å²) in [5.41, 5.74) is 5.57. The molecule has 0 radical (unpaired) electrons. The lowest BCUT2D eigenvalue weighted by molar-refractivity contribution is -0.135. The summed E-state index contributed by atoms with van der Waals surface area (Å²) in [7, 11) is 0. The van der Waals surface area contributed by atoms with Crippen LogP contribution in [0.3, 0.4) is 0 Å². The molecule has 0 saturated carbocycles. The molecule has 1 heterocycles. The van der Waals surface area contributed by atoms with Gasteiger partial charge in [0.15, 0.2) is 0 Å². The fraction of sp³-hybridized carbons (Fsp3) is 0.333. The molecule has 1 N–H and O–H groups in total. The van der Waals surface area contributed by atoms with E-state index in [0.29, 0.717) is 0 Å². The van der Waals surface area contributed by atoms with Crippen LogP contribution in [0, 0.1) is 13.8 Å². The second-order valence-corrected chi connectivity index (χ2v) is 5.39. The molecule has 2 rings (SSSR count). The Kier molecular flexibility index (Phi) is 5.15. The van der Waals surface area contributed by atoms with E-state index in [2.05, 4.69) is 35.8 Å². The van der Waals surface area contributed by atoms with E-state index in [1.165, 1.54) is 11.3 Å². The summed E-state index contributed by atoms with van der Waals surface area (Å²) in [5, 5.41) is 13.2. The molecule has 0 spiro atoms. The Balaban J connectivity index is 2.24. The van der Waals surface area contributed by atoms with Crippen molar-refractivity contribution < 1.29 is 9.90 Å². The number of rotatable bonds is 6. The van der Waals surface area contributed by atoms with Gasteiger partial charge in [-0.2, -0.15) is 5.10 Å². The van der Waals surface area contributed by atoms with E-state index in [1.54, 1.807) is 6.08 Å². The molecular weight excluding hydrogens is 276 g/mol. The lowest BCUT2D eigenvalue weighted by Crippen LogP contribution is -2.01. The minimum Gasteiger partial charge on any atom is -0.481 e. The second kappa shape index (κ2) is 7.07. The van der Waals surface area contributed by atoms with E-state index in [-0.39, 0.29) is 6.42 Å². The molecule has 0 bridgehead atoms.